The minimum atomic E-state index is -0.394. The topological polar surface area (TPSA) is 49.4 Å². The first-order valence-corrected chi connectivity index (χ1v) is 10.9. The molecule has 0 bridgehead atoms. The first kappa shape index (κ1) is 21.8. The van der Waals surface area contributed by atoms with Crippen molar-refractivity contribution in [2.24, 2.45) is 0 Å². The minimum absolute atomic E-state index is 0.270. The molecule has 3 aromatic carbocycles. The van der Waals surface area contributed by atoms with Gasteiger partial charge in [-0.25, -0.2) is 4.90 Å². The van der Waals surface area contributed by atoms with Gasteiger partial charge in [0.1, 0.15) is 5.70 Å². The molecule has 32 heavy (non-hydrogen) atoms. The van der Waals surface area contributed by atoms with Gasteiger partial charge in [-0.1, -0.05) is 48.0 Å². The summed E-state index contributed by atoms with van der Waals surface area (Å²) in [5.41, 5.74) is 7.65. The Hall–Kier alpha value is -3.37. The summed E-state index contributed by atoms with van der Waals surface area (Å²) >= 11 is 6.21. The van der Waals surface area contributed by atoms with Crippen LogP contribution in [0.5, 0.6) is 0 Å². The molecule has 0 aromatic heterocycles. The van der Waals surface area contributed by atoms with Crippen LogP contribution >= 0.6 is 11.6 Å². The van der Waals surface area contributed by atoms with E-state index in [-0.39, 0.29) is 11.6 Å². The van der Waals surface area contributed by atoms with Crippen LogP contribution in [0, 0.1) is 34.6 Å². The zero-order valence-corrected chi connectivity index (χ0v) is 19.6. The Balaban J connectivity index is 1.90. The number of benzene rings is 3. The second-order valence-corrected chi connectivity index (χ2v) is 8.81. The van der Waals surface area contributed by atoms with E-state index in [4.69, 9.17) is 11.6 Å². The van der Waals surface area contributed by atoms with E-state index in [1.54, 1.807) is 12.1 Å². The highest BCUT2D eigenvalue weighted by Crippen LogP contribution is 2.37. The van der Waals surface area contributed by atoms with Crippen LogP contribution in [0.1, 0.15) is 33.4 Å². The van der Waals surface area contributed by atoms with Gasteiger partial charge in [-0.15, -0.1) is 0 Å². The minimum Gasteiger partial charge on any atom is -0.350 e. The molecule has 1 aliphatic rings. The molecule has 0 radical (unpaired) electrons. The van der Waals surface area contributed by atoms with Crippen molar-refractivity contribution >= 4 is 40.4 Å². The van der Waals surface area contributed by atoms with Crippen LogP contribution in [0.15, 0.2) is 60.3 Å². The smallest absolute Gasteiger partial charge is 0.282 e. The lowest BCUT2D eigenvalue weighted by atomic mass is 9.99. The average Bonchev–Trinajstić information content (AvgIpc) is 2.98. The molecule has 1 heterocycles. The highest BCUT2D eigenvalue weighted by molar-refractivity contribution is 6.46. The Morgan fingerprint density at radius 3 is 2.12 bits per heavy atom. The number of amides is 2. The number of anilines is 2. The van der Waals surface area contributed by atoms with E-state index in [0.717, 1.165) is 33.5 Å². The largest absolute Gasteiger partial charge is 0.350 e. The summed E-state index contributed by atoms with van der Waals surface area (Å²) in [5, 5.41) is 3.75. The Labute approximate surface area is 193 Å². The molecule has 4 nitrogen and oxygen atoms in total. The molecule has 0 unspecified atom stereocenters. The van der Waals surface area contributed by atoms with Crippen LogP contribution in [-0.4, -0.2) is 11.8 Å². The summed E-state index contributed by atoms with van der Waals surface area (Å²) in [6, 6.07) is 17.0. The number of rotatable bonds is 4. The molecule has 1 N–H and O–H groups in total. The highest BCUT2D eigenvalue weighted by atomic mass is 35.5. The number of nitrogens with zero attached hydrogens (tertiary/aromatic N) is 1. The normalized spacial score (nSPS) is 13.9. The lowest BCUT2D eigenvalue weighted by Gasteiger charge is -2.18. The molecule has 0 saturated heterocycles. The highest BCUT2D eigenvalue weighted by Gasteiger charge is 2.41. The number of carbonyl (C=O) groups is 2. The Morgan fingerprint density at radius 2 is 1.41 bits per heavy atom. The van der Waals surface area contributed by atoms with Gasteiger partial charge in [-0.3, -0.25) is 9.59 Å². The van der Waals surface area contributed by atoms with Gasteiger partial charge in [0.15, 0.2) is 0 Å². The second-order valence-electron chi connectivity index (χ2n) is 8.37. The van der Waals surface area contributed by atoms with Crippen molar-refractivity contribution in [1.82, 2.24) is 0 Å². The summed E-state index contributed by atoms with van der Waals surface area (Å²) in [6.07, 6.45) is 0. The van der Waals surface area contributed by atoms with Gasteiger partial charge in [-0.2, -0.15) is 0 Å². The maximum atomic E-state index is 13.7. The zero-order valence-electron chi connectivity index (χ0n) is 18.8. The SMILES string of the molecule is Cc1ccc(C)c(NC2=C(c3ccc(C)c(C)c3)C(=O)N(c3cc(Cl)ccc3C)C2=O)c1. The fourth-order valence-corrected chi connectivity index (χ4v) is 4.02. The summed E-state index contributed by atoms with van der Waals surface area (Å²) in [6.45, 7) is 9.84. The van der Waals surface area contributed by atoms with Gasteiger partial charge < -0.3 is 5.32 Å². The number of halogens is 1. The van der Waals surface area contributed by atoms with Crippen molar-refractivity contribution in [3.8, 4) is 0 Å². The third-order valence-electron chi connectivity index (χ3n) is 5.94. The van der Waals surface area contributed by atoms with E-state index < -0.39 is 5.91 Å². The maximum absolute atomic E-state index is 13.7. The van der Waals surface area contributed by atoms with Crippen molar-refractivity contribution in [3.63, 3.8) is 0 Å². The van der Waals surface area contributed by atoms with Gasteiger partial charge in [0.05, 0.1) is 11.3 Å². The summed E-state index contributed by atoms with van der Waals surface area (Å²) in [7, 11) is 0. The molecule has 4 rings (SSSR count). The molecule has 0 fully saturated rings. The molecule has 0 spiro atoms. The second kappa shape index (κ2) is 8.29. The van der Waals surface area contributed by atoms with Crippen molar-refractivity contribution in [1.29, 1.82) is 0 Å². The Kier molecular flexibility index (Phi) is 5.66. The third-order valence-corrected chi connectivity index (χ3v) is 6.18. The number of imide groups is 1. The van der Waals surface area contributed by atoms with Gasteiger partial charge in [0.2, 0.25) is 0 Å². The molecule has 1 aliphatic heterocycles. The lowest BCUT2D eigenvalue weighted by Crippen LogP contribution is -2.33. The maximum Gasteiger partial charge on any atom is 0.282 e. The average molecular weight is 445 g/mol. The molecule has 2 amide bonds. The van der Waals surface area contributed by atoms with E-state index in [1.165, 1.54) is 4.90 Å². The molecule has 5 heteroatoms. The third kappa shape index (κ3) is 3.82. The molecule has 0 atom stereocenters. The molecule has 0 saturated carbocycles. The van der Waals surface area contributed by atoms with Crippen molar-refractivity contribution < 1.29 is 9.59 Å². The lowest BCUT2D eigenvalue weighted by molar-refractivity contribution is -0.120. The molecule has 0 aliphatic carbocycles. The van der Waals surface area contributed by atoms with Gasteiger partial charge in [0, 0.05) is 10.7 Å². The first-order chi connectivity index (χ1) is 15.2. The van der Waals surface area contributed by atoms with Gasteiger partial charge >= 0.3 is 0 Å². The predicted octanol–water partition coefficient (Wildman–Crippen LogP) is 6.28. The van der Waals surface area contributed by atoms with E-state index >= 15 is 0 Å². The molecular formula is C27H25ClN2O2. The zero-order chi connectivity index (χ0) is 23.2. The standard InChI is InChI=1S/C27H25ClN2O2/c1-15-6-7-17(3)22(12-15)29-25-24(20-10-8-16(2)19(5)13-20)26(31)30(27(25)32)23-14-21(28)11-9-18(23)4/h6-14,29H,1-5H3. The van der Waals surface area contributed by atoms with Crippen LogP contribution in [-0.2, 0) is 9.59 Å². The quantitative estimate of drug-likeness (QED) is 0.482. The van der Waals surface area contributed by atoms with Crippen LogP contribution < -0.4 is 10.2 Å². The van der Waals surface area contributed by atoms with Crippen LogP contribution in [0.25, 0.3) is 5.57 Å². The summed E-state index contributed by atoms with van der Waals surface area (Å²) in [4.78, 5) is 28.6. The number of hydrogen-bond donors (Lipinski definition) is 1. The molecule has 162 valence electrons. The number of nitrogens with one attached hydrogen (secondary N) is 1. The van der Waals surface area contributed by atoms with Crippen molar-refractivity contribution in [3.05, 3.63) is 98.7 Å². The Morgan fingerprint density at radius 1 is 0.719 bits per heavy atom. The van der Waals surface area contributed by atoms with Gasteiger partial charge in [0.25, 0.3) is 11.8 Å². The van der Waals surface area contributed by atoms with Gasteiger partial charge in [-0.05, 0) is 86.2 Å². The van der Waals surface area contributed by atoms with Crippen molar-refractivity contribution in [2.75, 3.05) is 10.2 Å². The Bertz CT molecular complexity index is 1310. The monoisotopic (exact) mass is 444 g/mol. The number of carbonyl (C=O) groups excluding carboxylic acids is 2. The van der Waals surface area contributed by atoms with Crippen LogP contribution in [0.4, 0.5) is 11.4 Å². The van der Waals surface area contributed by atoms with Crippen LogP contribution in [0.3, 0.4) is 0 Å². The first-order valence-electron chi connectivity index (χ1n) is 10.5. The summed E-state index contributed by atoms with van der Waals surface area (Å²) in [5.74, 6) is -0.758. The number of aryl methyl sites for hydroxylation is 5. The van der Waals surface area contributed by atoms with Crippen LogP contribution in [0.2, 0.25) is 5.02 Å². The summed E-state index contributed by atoms with van der Waals surface area (Å²) < 4.78 is 0. The van der Waals surface area contributed by atoms with E-state index in [1.807, 2.05) is 77.1 Å². The van der Waals surface area contributed by atoms with E-state index in [0.29, 0.717) is 21.8 Å². The van der Waals surface area contributed by atoms with Crippen molar-refractivity contribution in [2.45, 2.75) is 34.6 Å². The fraction of sp³-hybridized carbons (Fsp3) is 0.185. The van der Waals surface area contributed by atoms with E-state index in [9.17, 15) is 9.59 Å². The fourth-order valence-electron chi connectivity index (χ4n) is 3.86. The van der Waals surface area contributed by atoms with E-state index in [2.05, 4.69) is 5.32 Å². The molecular weight excluding hydrogens is 420 g/mol. The molecule has 3 aromatic rings. The predicted molar refractivity (Wildman–Crippen MR) is 131 cm³/mol. The number of hydrogen-bond acceptors (Lipinski definition) is 3.